The Labute approximate surface area is 154 Å². The minimum absolute atomic E-state index is 0.581. The molecule has 0 aliphatic heterocycles. The predicted octanol–water partition coefficient (Wildman–Crippen LogP) is 4.69. The molecule has 0 aliphatic rings. The number of anilines is 1. The number of aryl methyl sites for hydroxylation is 1. The van der Waals surface area contributed by atoms with E-state index in [1.54, 1.807) is 14.2 Å². The number of rotatable bonds is 6. The summed E-state index contributed by atoms with van der Waals surface area (Å²) in [5.74, 6) is 1.96. The fraction of sp³-hybridized carbons (Fsp3) is 0.333. The van der Waals surface area contributed by atoms with Crippen molar-refractivity contribution in [2.75, 3.05) is 26.1 Å². The second-order valence-corrected chi connectivity index (χ2v) is 6.71. The number of hydrogen-bond acceptors (Lipinski definition) is 5. The molecule has 0 saturated heterocycles. The molecule has 1 heterocycles. The molecule has 3 aromatic rings. The maximum Gasteiger partial charge on any atom is 0.161 e. The smallest absolute Gasteiger partial charge is 0.161 e. The monoisotopic (exact) mass is 351 g/mol. The Bertz CT molecular complexity index is 923. The van der Waals surface area contributed by atoms with Gasteiger partial charge in [-0.2, -0.15) is 0 Å². The van der Waals surface area contributed by atoms with Gasteiger partial charge in [0.1, 0.15) is 0 Å². The average Bonchev–Trinajstić information content (AvgIpc) is 2.65. The molecule has 5 heteroatoms. The first-order chi connectivity index (χ1) is 12.5. The Kier molecular flexibility index (Phi) is 5.26. The van der Waals surface area contributed by atoms with E-state index in [1.165, 1.54) is 0 Å². The lowest BCUT2D eigenvalue weighted by molar-refractivity contribution is 0.355. The van der Waals surface area contributed by atoms with Crippen LogP contribution in [0.3, 0.4) is 0 Å². The molecule has 5 nitrogen and oxygen atoms in total. The molecule has 3 rings (SSSR count). The zero-order valence-electron chi connectivity index (χ0n) is 16.0. The number of methoxy groups -OCH3 is 2. The number of ether oxygens (including phenoxy) is 2. The summed E-state index contributed by atoms with van der Waals surface area (Å²) in [7, 11) is 3.26. The van der Waals surface area contributed by atoms with Crippen molar-refractivity contribution in [3.05, 3.63) is 42.1 Å². The molecule has 1 N–H and O–H groups in total. The third kappa shape index (κ3) is 3.72. The largest absolute Gasteiger partial charge is 0.493 e. The highest BCUT2D eigenvalue weighted by atomic mass is 16.5. The topological polar surface area (TPSA) is 56.3 Å². The van der Waals surface area contributed by atoms with Gasteiger partial charge in [0, 0.05) is 17.8 Å². The number of nitrogens with one attached hydrogen (secondary N) is 1. The van der Waals surface area contributed by atoms with Crippen molar-refractivity contribution in [3.8, 4) is 22.8 Å². The van der Waals surface area contributed by atoms with Crippen molar-refractivity contribution in [2.24, 2.45) is 5.92 Å². The van der Waals surface area contributed by atoms with E-state index in [4.69, 9.17) is 19.4 Å². The van der Waals surface area contributed by atoms with Crippen molar-refractivity contribution in [2.45, 2.75) is 20.8 Å². The van der Waals surface area contributed by atoms with Crippen LogP contribution < -0.4 is 14.8 Å². The first-order valence-electron chi connectivity index (χ1n) is 8.76. The van der Waals surface area contributed by atoms with Crippen molar-refractivity contribution >= 4 is 16.7 Å². The van der Waals surface area contributed by atoms with Crippen LogP contribution in [0.25, 0.3) is 22.3 Å². The molecule has 2 aromatic carbocycles. The minimum Gasteiger partial charge on any atom is -0.493 e. The summed E-state index contributed by atoms with van der Waals surface area (Å²) in [6.07, 6.45) is 0. The summed E-state index contributed by atoms with van der Waals surface area (Å²) in [6, 6.07) is 11.9. The molecule has 0 aliphatic carbocycles. The van der Waals surface area contributed by atoms with E-state index < -0.39 is 0 Å². The highest BCUT2D eigenvalue weighted by Gasteiger charge is 2.12. The SMILES string of the molecule is COc1ccc(-c2nc3cc(NCC(C)C)ccc3nc2C)cc1OC. The quantitative estimate of drug-likeness (QED) is 0.698. The summed E-state index contributed by atoms with van der Waals surface area (Å²) in [4.78, 5) is 9.59. The van der Waals surface area contributed by atoms with Crippen LogP contribution in [0.15, 0.2) is 36.4 Å². The summed E-state index contributed by atoms with van der Waals surface area (Å²) < 4.78 is 10.7. The second kappa shape index (κ2) is 7.60. The van der Waals surface area contributed by atoms with Gasteiger partial charge in [-0.05, 0) is 49.2 Å². The molecule has 0 atom stereocenters. The molecule has 0 unspecified atom stereocenters. The molecule has 0 radical (unpaired) electrons. The van der Waals surface area contributed by atoms with Gasteiger partial charge >= 0.3 is 0 Å². The highest BCUT2D eigenvalue weighted by Crippen LogP contribution is 2.33. The van der Waals surface area contributed by atoms with Gasteiger partial charge in [-0.1, -0.05) is 13.8 Å². The summed E-state index contributed by atoms with van der Waals surface area (Å²) in [5, 5.41) is 3.44. The normalized spacial score (nSPS) is 11.0. The van der Waals surface area contributed by atoms with Crippen LogP contribution >= 0.6 is 0 Å². The molecule has 1 aromatic heterocycles. The third-order valence-electron chi connectivity index (χ3n) is 4.21. The standard InChI is InChI=1S/C21H25N3O2/c1-13(2)12-22-16-7-8-17-18(11-16)24-21(14(3)23-17)15-6-9-19(25-4)20(10-15)26-5/h6-11,13,22H,12H2,1-5H3. The fourth-order valence-electron chi connectivity index (χ4n) is 2.83. The van der Waals surface area contributed by atoms with Gasteiger partial charge in [-0.15, -0.1) is 0 Å². The first kappa shape index (κ1) is 18.0. The molecule has 0 fully saturated rings. The number of aromatic nitrogens is 2. The number of benzene rings is 2. The number of fused-ring (bicyclic) bond motifs is 1. The van der Waals surface area contributed by atoms with Gasteiger partial charge in [0.2, 0.25) is 0 Å². The number of hydrogen-bond donors (Lipinski definition) is 1. The fourth-order valence-corrected chi connectivity index (χ4v) is 2.83. The van der Waals surface area contributed by atoms with E-state index in [0.717, 1.165) is 40.2 Å². The zero-order chi connectivity index (χ0) is 18.7. The Morgan fingerprint density at radius 1 is 0.923 bits per heavy atom. The summed E-state index contributed by atoms with van der Waals surface area (Å²) in [5.41, 5.74) is 5.50. The zero-order valence-corrected chi connectivity index (χ0v) is 16.0. The highest BCUT2D eigenvalue weighted by molar-refractivity contribution is 5.82. The Balaban J connectivity index is 2.04. The summed E-state index contributed by atoms with van der Waals surface area (Å²) >= 11 is 0. The minimum atomic E-state index is 0.581. The van der Waals surface area contributed by atoms with Gasteiger partial charge in [0.15, 0.2) is 11.5 Å². The molecule has 0 spiro atoms. The lowest BCUT2D eigenvalue weighted by Crippen LogP contribution is -2.07. The molecule has 26 heavy (non-hydrogen) atoms. The van der Waals surface area contributed by atoms with E-state index in [-0.39, 0.29) is 0 Å². The van der Waals surface area contributed by atoms with E-state index in [2.05, 4.69) is 31.3 Å². The number of nitrogens with zero attached hydrogens (tertiary/aromatic N) is 2. The molecular weight excluding hydrogens is 326 g/mol. The lowest BCUT2D eigenvalue weighted by Gasteiger charge is -2.12. The van der Waals surface area contributed by atoms with E-state index >= 15 is 0 Å². The van der Waals surface area contributed by atoms with Gasteiger partial charge in [-0.25, -0.2) is 9.97 Å². The van der Waals surface area contributed by atoms with Crippen molar-refractivity contribution in [1.82, 2.24) is 9.97 Å². The second-order valence-electron chi connectivity index (χ2n) is 6.71. The van der Waals surface area contributed by atoms with Crippen LogP contribution in [0.4, 0.5) is 5.69 Å². The van der Waals surface area contributed by atoms with E-state index in [0.29, 0.717) is 17.4 Å². The van der Waals surface area contributed by atoms with Crippen LogP contribution in [-0.2, 0) is 0 Å². The Morgan fingerprint density at radius 2 is 1.69 bits per heavy atom. The third-order valence-corrected chi connectivity index (χ3v) is 4.21. The Morgan fingerprint density at radius 3 is 2.38 bits per heavy atom. The van der Waals surface area contributed by atoms with Crippen molar-refractivity contribution in [3.63, 3.8) is 0 Å². The van der Waals surface area contributed by atoms with Gasteiger partial charge in [0.25, 0.3) is 0 Å². The van der Waals surface area contributed by atoms with Crippen LogP contribution in [0, 0.1) is 12.8 Å². The molecule has 0 bridgehead atoms. The maximum absolute atomic E-state index is 5.42. The molecule has 0 saturated carbocycles. The van der Waals surface area contributed by atoms with Gasteiger partial charge in [-0.3, -0.25) is 0 Å². The van der Waals surface area contributed by atoms with Crippen LogP contribution in [0.2, 0.25) is 0 Å². The molecule has 136 valence electrons. The van der Waals surface area contributed by atoms with E-state index in [1.807, 2.05) is 31.2 Å². The summed E-state index contributed by atoms with van der Waals surface area (Å²) in [6.45, 7) is 7.27. The van der Waals surface area contributed by atoms with E-state index in [9.17, 15) is 0 Å². The van der Waals surface area contributed by atoms with Crippen molar-refractivity contribution in [1.29, 1.82) is 0 Å². The first-order valence-corrected chi connectivity index (χ1v) is 8.76. The average molecular weight is 351 g/mol. The lowest BCUT2D eigenvalue weighted by atomic mass is 10.1. The van der Waals surface area contributed by atoms with Crippen molar-refractivity contribution < 1.29 is 9.47 Å². The van der Waals surface area contributed by atoms with Crippen LogP contribution in [0.1, 0.15) is 19.5 Å². The van der Waals surface area contributed by atoms with Crippen LogP contribution in [-0.4, -0.2) is 30.7 Å². The maximum atomic E-state index is 5.42. The molecular formula is C21H25N3O2. The van der Waals surface area contributed by atoms with Gasteiger partial charge < -0.3 is 14.8 Å². The molecule has 0 amide bonds. The Hall–Kier alpha value is -2.82. The van der Waals surface area contributed by atoms with Crippen LogP contribution in [0.5, 0.6) is 11.5 Å². The van der Waals surface area contributed by atoms with Gasteiger partial charge in [0.05, 0.1) is 36.6 Å². The predicted molar refractivity (Wildman–Crippen MR) is 106 cm³/mol.